The summed E-state index contributed by atoms with van der Waals surface area (Å²) in [5, 5.41) is 4.66. The van der Waals surface area contributed by atoms with Gasteiger partial charge < -0.3 is 14.8 Å². The van der Waals surface area contributed by atoms with E-state index in [-0.39, 0.29) is 6.42 Å². The van der Waals surface area contributed by atoms with E-state index in [0.29, 0.717) is 18.8 Å². The van der Waals surface area contributed by atoms with E-state index in [1.54, 1.807) is 20.8 Å². The van der Waals surface area contributed by atoms with Gasteiger partial charge in [0.2, 0.25) is 0 Å². The van der Waals surface area contributed by atoms with Crippen LogP contribution in [0.15, 0.2) is 28.7 Å². The Labute approximate surface area is 155 Å². The molecule has 0 atom stereocenters. The van der Waals surface area contributed by atoms with Gasteiger partial charge in [0.05, 0.1) is 6.61 Å². The molecule has 0 aliphatic carbocycles. The second-order valence-electron chi connectivity index (χ2n) is 6.32. The number of rotatable bonds is 7. The molecule has 7 nitrogen and oxygen atoms in total. The lowest BCUT2D eigenvalue weighted by Crippen LogP contribution is -2.49. The summed E-state index contributed by atoms with van der Waals surface area (Å²) in [4.78, 5) is 34.6. The molecule has 1 aromatic rings. The monoisotopic (exact) mass is 414 g/mol. The Morgan fingerprint density at radius 2 is 1.92 bits per heavy atom. The maximum Gasteiger partial charge on any atom is 0.321 e. The van der Waals surface area contributed by atoms with Crippen LogP contribution in [-0.2, 0) is 14.3 Å². The predicted molar refractivity (Wildman–Crippen MR) is 96.3 cm³/mol. The fraction of sp³-hybridized carbons (Fsp3) is 0.471. The zero-order valence-electron chi connectivity index (χ0n) is 14.6. The van der Waals surface area contributed by atoms with Crippen molar-refractivity contribution in [3.8, 4) is 5.75 Å². The highest BCUT2D eigenvalue weighted by atomic mass is 79.9. The summed E-state index contributed by atoms with van der Waals surface area (Å²) in [6.07, 6.45) is 0.576. The molecular weight excluding hydrogens is 392 g/mol. The molecule has 0 spiro atoms. The standard InChI is InChI=1S/C17H23BrN2O5/c1-17(2,3)20-16(23)19-14(21)11-25-15(22)8-5-9-24-13-7-4-6-12(18)10-13/h4,6-7,10H,5,8-9,11H2,1-3H3,(H2,19,20,21,23). The van der Waals surface area contributed by atoms with Crippen molar-refractivity contribution in [2.24, 2.45) is 0 Å². The minimum absolute atomic E-state index is 0.121. The molecule has 1 aromatic carbocycles. The van der Waals surface area contributed by atoms with Crippen LogP contribution in [0.4, 0.5) is 4.79 Å². The molecule has 0 aliphatic rings. The van der Waals surface area contributed by atoms with Crippen molar-refractivity contribution in [2.45, 2.75) is 39.2 Å². The van der Waals surface area contributed by atoms with Crippen molar-refractivity contribution in [3.63, 3.8) is 0 Å². The Morgan fingerprint density at radius 1 is 1.20 bits per heavy atom. The third-order valence-electron chi connectivity index (χ3n) is 2.70. The molecule has 8 heteroatoms. The SMILES string of the molecule is CC(C)(C)NC(=O)NC(=O)COC(=O)CCCOc1cccc(Br)c1. The van der Waals surface area contributed by atoms with Crippen LogP contribution in [0, 0.1) is 0 Å². The van der Waals surface area contributed by atoms with Gasteiger partial charge >= 0.3 is 12.0 Å². The van der Waals surface area contributed by atoms with Gasteiger partial charge in [0.1, 0.15) is 5.75 Å². The molecule has 138 valence electrons. The van der Waals surface area contributed by atoms with Gasteiger partial charge in [-0.05, 0) is 45.4 Å². The number of carbonyl (C=O) groups is 3. The second kappa shape index (κ2) is 10.0. The van der Waals surface area contributed by atoms with Crippen molar-refractivity contribution in [1.29, 1.82) is 0 Å². The average molecular weight is 415 g/mol. The number of amides is 3. The first-order valence-electron chi connectivity index (χ1n) is 7.82. The van der Waals surface area contributed by atoms with Crippen LogP contribution in [0.2, 0.25) is 0 Å². The van der Waals surface area contributed by atoms with Crippen molar-refractivity contribution < 1.29 is 23.9 Å². The third kappa shape index (κ3) is 10.4. The lowest BCUT2D eigenvalue weighted by molar-refractivity contribution is -0.148. The first-order chi connectivity index (χ1) is 11.7. The number of benzene rings is 1. The molecule has 0 aromatic heterocycles. The average Bonchev–Trinajstić information content (AvgIpc) is 2.47. The van der Waals surface area contributed by atoms with E-state index in [1.807, 2.05) is 24.3 Å². The normalized spacial score (nSPS) is 10.7. The van der Waals surface area contributed by atoms with E-state index in [4.69, 9.17) is 9.47 Å². The molecule has 0 heterocycles. The number of carbonyl (C=O) groups excluding carboxylic acids is 3. The minimum atomic E-state index is -0.680. The van der Waals surface area contributed by atoms with Crippen molar-refractivity contribution in [3.05, 3.63) is 28.7 Å². The molecule has 3 amide bonds. The maximum absolute atomic E-state index is 11.6. The van der Waals surface area contributed by atoms with Crippen LogP contribution in [-0.4, -0.2) is 36.7 Å². The predicted octanol–water partition coefficient (Wildman–Crippen LogP) is 2.78. The number of imide groups is 1. The lowest BCUT2D eigenvalue weighted by Gasteiger charge is -2.20. The van der Waals surface area contributed by atoms with Gasteiger partial charge in [0.15, 0.2) is 6.61 Å². The van der Waals surface area contributed by atoms with Crippen LogP contribution in [0.1, 0.15) is 33.6 Å². The van der Waals surface area contributed by atoms with Gasteiger partial charge in [0.25, 0.3) is 5.91 Å². The highest BCUT2D eigenvalue weighted by Gasteiger charge is 2.16. The Bertz CT molecular complexity index is 613. The second-order valence-corrected chi connectivity index (χ2v) is 7.24. The molecule has 2 N–H and O–H groups in total. The number of ether oxygens (including phenoxy) is 2. The first-order valence-corrected chi connectivity index (χ1v) is 8.61. The molecule has 0 unspecified atom stereocenters. The van der Waals surface area contributed by atoms with Gasteiger partial charge in [-0.25, -0.2) is 4.79 Å². The molecular formula is C17H23BrN2O5. The first kappa shape index (κ1) is 21.0. The smallest absolute Gasteiger partial charge is 0.321 e. The van der Waals surface area contributed by atoms with Crippen LogP contribution >= 0.6 is 15.9 Å². The number of urea groups is 1. The number of hydrogen-bond donors (Lipinski definition) is 2. The lowest BCUT2D eigenvalue weighted by atomic mass is 10.1. The molecule has 0 saturated heterocycles. The van der Waals surface area contributed by atoms with Gasteiger partial charge in [-0.3, -0.25) is 14.9 Å². The highest BCUT2D eigenvalue weighted by Crippen LogP contribution is 2.17. The fourth-order valence-electron chi connectivity index (χ4n) is 1.72. The fourth-order valence-corrected chi connectivity index (χ4v) is 2.09. The zero-order valence-corrected chi connectivity index (χ0v) is 16.1. The van der Waals surface area contributed by atoms with Crippen molar-refractivity contribution in [2.75, 3.05) is 13.2 Å². The molecule has 0 saturated carbocycles. The largest absolute Gasteiger partial charge is 0.494 e. The molecule has 0 bridgehead atoms. The quantitative estimate of drug-likeness (QED) is 0.528. The molecule has 25 heavy (non-hydrogen) atoms. The summed E-state index contributed by atoms with van der Waals surface area (Å²) in [6, 6.07) is 6.75. The molecule has 0 radical (unpaired) electrons. The maximum atomic E-state index is 11.6. The van der Waals surface area contributed by atoms with E-state index < -0.39 is 30.1 Å². The topological polar surface area (TPSA) is 93.7 Å². The van der Waals surface area contributed by atoms with Crippen LogP contribution in [0.5, 0.6) is 5.75 Å². The van der Waals surface area contributed by atoms with Crippen LogP contribution in [0.25, 0.3) is 0 Å². The third-order valence-corrected chi connectivity index (χ3v) is 3.19. The zero-order chi connectivity index (χ0) is 18.9. The number of hydrogen-bond acceptors (Lipinski definition) is 5. The summed E-state index contributed by atoms with van der Waals surface area (Å²) in [5.74, 6) is -0.503. The summed E-state index contributed by atoms with van der Waals surface area (Å²) >= 11 is 3.34. The molecule has 0 fully saturated rings. The van der Waals surface area contributed by atoms with E-state index in [2.05, 4.69) is 26.6 Å². The summed E-state index contributed by atoms with van der Waals surface area (Å²) in [6.45, 7) is 5.21. The summed E-state index contributed by atoms with van der Waals surface area (Å²) < 4.78 is 11.2. The van der Waals surface area contributed by atoms with E-state index in [9.17, 15) is 14.4 Å². The van der Waals surface area contributed by atoms with Crippen molar-refractivity contribution in [1.82, 2.24) is 10.6 Å². The number of nitrogens with one attached hydrogen (secondary N) is 2. The highest BCUT2D eigenvalue weighted by molar-refractivity contribution is 9.10. The molecule has 1 rings (SSSR count). The minimum Gasteiger partial charge on any atom is -0.494 e. The van der Waals surface area contributed by atoms with Crippen LogP contribution < -0.4 is 15.4 Å². The Morgan fingerprint density at radius 3 is 2.56 bits per heavy atom. The number of halogens is 1. The Kier molecular flexibility index (Phi) is 8.40. The van der Waals surface area contributed by atoms with E-state index >= 15 is 0 Å². The van der Waals surface area contributed by atoms with Gasteiger partial charge in [-0.2, -0.15) is 0 Å². The van der Waals surface area contributed by atoms with E-state index in [1.165, 1.54) is 0 Å². The van der Waals surface area contributed by atoms with E-state index in [0.717, 1.165) is 4.47 Å². The molecule has 0 aliphatic heterocycles. The summed E-state index contributed by atoms with van der Waals surface area (Å²) in [7, 11) is 0. The van der Waals surface area contributed by atoms with Gasteiger partial charge in [-0.1, -0.05) is 22.0 Å². The Balaban J connectivity index is 2.16. The van der Waals surface area contributed by atoms with Crippen molar-refractivity contribution >= 4 is 33.8 Å². The summed E-state index contributed by atoms with van der Waals surface area (Å²) in [5.41, 5.74) is -0.463. The van der Waals surface area contributed by atoms with Gasteiger partial charge in [0, 0.05) is 16.4 Å². The number of esters is 1. The Hall–Kier alpha value is -2.09. The van der Waals surface area contributed by atoms with Gasteiger partial charge in [-0.15, -0.1) is 0 Å². The van der Waals surface area contributed by atoms with Crippen LogP contribution in [0.3, 0.4) is 0 Å².